The minimum atomic E-state index is -0.577. The Bertz CT molecular complexity index is 705. The molecule has 1 aliphatic heterocycles. The largest absolute Gasteiger partial charge is 0.368 e. The number of anilines is 2. The van der Waals surface area contributed by atoms with E-state index in [0.29, 0.717) is 18.8 Å². The first kappa shape index (κ1) is 16.1. The lowest BCUT2D eigenvalue weighted by atomic mass is 10.2. The van der Waals surface area contributed by atoms with Gasteiger partial charge in [0.1, 0.15) is 0 Å². The van der Waals surface area contributed by atoms with Gasteiger partial charge in [0.05, 0.1) is 0 Å². The van der Waals surface area contributed by atoms with Crippen molar-refractivity contribution >= 4 is 23.2 Å². The monoisotopic (exact) mass is 323 g/mol. The summed E-state index contributed by atoms with van der Waals surface area (Å²) < 4.78 is 0. The fourth-order valence-corrected chi connectivity index (χ4v) is 2.77. The molecule has 1 N–H and O–H groups in total. The molecule has 1 heterocycles. The van der Waals surface area contributed by atoms with Crippen molar-refractivity contribution in [1.29, 1.82) is 0 Å². The first-order valence-electron chi connectivity index (χ1n) is 8.10. The number of benzene rings is 2. The van der Waals surface area contributed by atoms with Crippen molar-refractivity contribution in [2.24, 2.45) is 0 Å². The maximum atomic E-state index is 12.3. The molecule has 124 valence electrons. The van der Waals surface area contributed by atoms with E-state index in [9.17, 15) is 9.59 Å². The van der Waals surface area contributed by atoms with Crippen LogP contribution in [0.2, 0.25) is 0 Å². The fraction of sp³-hybridized carbons (Fsp3) is 0.263. The fourth-order valence-electron chi connectivity index (χ4n) is 2.77. The van der Waals surface area contributed by atoms with Gasteiger partial charge in [0.25, 0.3) is 0 Å². The summed E-state index contributed by atoms with van der Waals surface area (Å²) in [6.45, 7) is 4.54. The molecule has 0 aromatic heterocycles. The Labute approximate surface area is 141 Å². The molecule has 1 fully saturated rings. The number of piperazine rings is 1. The highest BCUT2D eigenvalue weighted by Gasteiger charge is 2.26. The van der Waals surface area contributed by atoms with Crippen LogP contribution in [0, 0.1) is 6.92 Å². The predicted molar refractivity (Wildman–Crippen MR) is 95.0 cm³/mol. The molecule has 0 saturated carbocycles. The van der Waals surface area contributed by atoms with Crippen molar-refractivity contribution in [2.45, 2.75) is 6.92 Å². The van der Waals surface area contributed by atoms with Crippen molar-refractivity contribution in [2.75, 3.05) is 36.4 Å². The third-order valence-corrected chi connectivity index (χ3v) is 4.19. The van der Waals surface area contributed by atoms with Crippen LogP contribution in [0.1, 0.15) is 5.56 Å². The molecule has 3 rings (SSSR count). The Balaban J connectivity index is 1.54. The third kappa shape index (κ3) is 3.74. The van der Waals surface area contributed by atoms with Crippen LogP contribution in [0.3, 0.4) is 0 Å². The van der Waals surface area contributed by atoms with Gasteiger partial charge in [-0.15, -0.1) is 0 Å². The second-order valence-corrected chi connectivity index (χ2v) is 5.93. The van der Waals surface area contributed by atoms with Crippen LogP contribution in [0.5, 0.6) is 0 Å². The molecule has 1 saturated heterocycles. The number of amides is 2. The summed E-state index contributed by atoms with van der Waals surface area (Å²) in [7, 11) is 0. The number of hydrogen-bond acceptors (Lipinski definition) is 3. The minimum Gasteiger partial charge on any atom is -0.368 e. The molecule has 2 amide bonds. The summed E-state index contributed by atoms with van der Waals surface area (Å²) in [5, 5.41) is 2.67. The van der Waals surface area contributed by atoms with E-state index in [0.717, 1.165) is 24.3 Å². The number of carbonyl (C=O) groups excluding carboxylic acids is 2. The third-order valence-electron chi connectivity index (χ3n) is 4.19. The number of carbonyl (C=O) groups is 2. The molecule has 0 aliphatic carbocycles. The molecular weight excluding hydrogens is 302 g/mol. The first-order valence-corrected chi connectivity index (χ1v) is 8.10. The van der Waals surface area contributed by atoms with Crippen LogP contribution in [-0.4, -0.2) is 42.9 Å². The van der Waals surface area contributed by atoms with Gasteiger partial charge in [-0.3, -0.25) is 9.59 Å². The Hall–Kier alpha value is -2.82. The quantitative estimate of drug-likeness (QED) is 0.863. The Morgan fingerprint density at radius 1 is 0.875 bits per heavy atom. The highest BCUT2D eigenvalue weighted by atomic mass is 16.2. The Morgan fingerprint density at radius 2 is 1.50 bits per heavy atom. The molecule has 0 bridgehead atoms. The maximum absolute atomic E-state index is 12.3. The average Bonchev–Trinajstić information content (AvgIpc) is 2.64. The van der Waals surface area contributed by atoms with E-state index in [4.69, 9.17) is 0 Å². The van der Waals surface area contributed by atoms with Crippen LogP contribution in [0.4, 0.5) is 11.4 Å². The van der Waals surface area contributed by atoms with Gasteiger partial charge < -0.3 is 15.1 Å². The van der Waals surface area contributed by atoms with E-state index < -0.39 is 11.8 Å². The summed E-state index contributed by atoms with van der Waals surface area (Å²) >= 11 is 0. The van der Waals surface area contributed by atoms with Crippen molar-refractivity contribution in [3.63, 3.8) is 0 Å². The number of para-hydroxylation sites is 1. The standard InChI is InChI=1S/C19H21N3O2/c1-15-7-9-16(10-8-15)20-18(23)19(24)22-13-11-21(12-14-22)17-5-3-2-4-6-17/h2-10H,11-14H2,1H3,(H,20,23). The highest BCUT2D eigenvalue weighted by molar-refractivity contribution is 6.39. The number of hydrogen-bond donors (Lipinski definition) is 1. The second kappa shape index (κ2) is 7.17. The summed E-state index contributed by atoms with van der Waals surface area (Å²) in [6, 6.07) is 17.5. The first-order chi connectivity index (χ1) is 11.6. The van der Waals surface area contributed by atoms with Crippen LogP contribution < -0.4 is 10.2 Å². The number of aryl methyl sites for hydroxylation is 1. The molecule has 5 nitrogen and oxygen atoms in total. The van der Waals surface area contributed by atoms with Gasteiger partial charge in [0.15, 0.2) is 0 Å². The molecule has 1 aliphatic rings. The van der Waals surface area contributed by atoms with E-state index in [1.807, 2.05) is 37.3 Å². The highest BCUT2D eigenvalue weighted by Crippen LogP contribution is 2.16. The molecule has 0 atom stereocenters. The minimum absolute atomic E-state index is 0.469. The molecular formula is C19H21N3O2. The van der Waals surface area contributed by atoms with Gasteiger partial charge in [-0.25, -0.2) is 0 Å². The summed E-state index contributed by atoms with van der Waals surface area (Å²) in [4.78, 5) is 28.3. The van der Waals surface area contributed by atoms with Crippen molar-refractivity contribution in [3.8, 4) is 0 Å². The molecule has 24 heavy (non-hydrogen) atoms. The lowest BCUT2D eigenvalue weighted by Gasteiger charge is -2.35. The summed E-state index contributed by atoms with van der Waals surface area (Å²) in [6.07, 6.45) is 0. The van der Waals surface area contributed by atoms with Gasteiger partial charge >= 0.3 is 11.8 Å². The van der Waals surface area contributed by atoms with Gasteiger partial charge in [-0.05, 0) is 31.2 Å². The van der Waals surface area contributed by atoms with Crippen LogP contribution in [0.25, 0.3) is 0 Å². The zero-order valence-electron chi connectivity index (χ0n) is 13.7. The average molecular weight is 323 g/mol. The molecule has 2 aromatic rings. The molecule has 0 spiro atoms. The van der Waals surface area contributed by atoms with Gasteiger partial charge in [0, 0.05) is 37.6 Å². The molecule has 0 unspecified atom stereocenters. The van der Waals surface area contributed by atoms with E-state index >= 15 is 0 Å². The second-order valence-electron chi connectivity index (χ2n) is 5.93. The summed E-state index contributed by atoms with van der Waals surface area (Å²) in [5.74, 6) is -1.05. The zero-order valence-corrected chi connectivity index (χ0v) is 13.7. The van der Waals surface area contributed by atoms with Gasteiger partial charge in [0.2, 0.25) is 0 Å². The van der Waals surface area contributed by atoms with Crippen molar-refractivity contribution < 1.29 is 9.59 Å². The topological polar surface area (TPSA) is 52.7 Å². The number of nitrogens with one attached hydrogen (secondary N) is 1. The lowest BCUT2D eigenvalue weighted by Crippen LogP contribution is -2.51. The molecule has 0 radical (unpaired) electrons. The summed E-state index contributed by atoms with van der Waals surface area (Å²) in [5.41, 5.74) is 2.90. The van der Waals surface area contributed by atoms with Crippen LogP contribution >= 0.6 is 0 Å². The van der Waals surface area contributed by atoms with Crippen molar-refractivity contribution in [3.05, 3.63) is 60.2 Å². The van der Waals surface area contributed by atoms with Gasteiger partial charge in [-0.1, -0.05) is 35.9 Å². The van der Waals surface area contributed by atoms with E-state index in [2.05, 4.69) is 22.3 Å². The molecule has 5 heteroatoms. The van der Waals surface area contributed by atoms with Crippen LogP contribution in [-0.2, 0) is 9.59 Å². The lowest BCUT2D eigenvalue weighted by molar-refractivity contribution is -0.143. The molecule has 2 aromatic carbocycles. The van der Waals surface area contributed by atoms with Gasteiger partial charge in [-0.2, -0.15) is 0 Å². The Morgan fingerprint density at radius 3 is 2.12 bits per heavy atom. The predicted octanol–water partition coefficient (Wildman–Crippen LogP) is 2.28. The van der Waals surface area contributed by atoms with E-state index in [-0.39, 0.29) is 0 Å². The smallest absolute Gasteiger partial charge is 0.313 e. The Kier molecular flexibility index (Phi) is 4.79. The normalized spacial score (nSPS) is 14.4. The number of nitrogens with zero attached hydrogens (tertiary/aromatic N) is 2. The van der Waals surface area contributed by atoms with Crippen molar-refractivity contribution in [1.82, 2.24) is 4.90 Å². The van der Waals surface area contributed by atoms with E-state index in [1.165, 1.54) is 0 Å². The number of rotatable bonds is 2. The van der Waals surface area contributed by atoms with Crippen LogP contribution in [0.15, 0.2) is 54.6 Å². The maximum Gasteiger partial charge on any atom is 0.313 e. The van der Waals surface area contributed by atoms with E-state index in [1.54, 1.807) is 17.0 Å². The SMILES string of the molecule is Cc1ccc(NC(=O)C(=O)N2CCN(c3ccccc3)CC2)cc1. The zero-order chi connectivity index (χ0) is 16.9.